The van der Waals surface area contributed by atoms with Crippen LogP contribution in [0.4, 0.5) is 0 Å². The van der Waals surface area contributed by atoms with Gasteiger partial charge in [0.2, 0.25) is 0 Å². The first-order valence-corrected chi connectivity index (χ1v) is 13.8. The predicted octanol–water partition coefficient (Wildman–Crippen LogP) is 5.98. The number of ether oxygens (including phenoxy) is 2. The summed E-state index contributed by atoms with van der Waals surface area (Å²) in [4.78, 5) is 36.7. The van der Waals surface area contributed by atoms with Crippen molar-refractivity contribution in [2.45, 2.75) is 105 Å². The lowest BCUT2D eigenvalue weighted by Crippen LogP contribution is -2.62. The molecule has 0 heterocycles. The molecule has 0 aromatic heterocycles. The molecule has 0 unspecified atom stereocenters. The van der Waals surface area contributed by atoms with Gasteiger partial charge in [0.05, 0.1) is 7.11 Å². The van der Waals surface area contributed by atoms with E-state index in [0.29, 0.717) is 60.6 Å². The van der Waals surface area contributed by atoms with Crippen molar-refractivity contribution in [2.24, 2.45) is 52.3 Å². The standard InChI is InChI=1S/C29H46O5/c1-7-20-24-16-19(31)12-14-29(24,5)23-13-15-28(4)21(17(2)8-11-25(32)33-6)9-10-22(28)26(23)27(20)34-18(3)30/h17,20-24,26-27H,7-16H2,1-6H3/t17-,20-,21-,22+,23+,24+,26+,27-,28-,29-/m1/s1. The largest absolute Gasteiger partial charge is 0.469 e. The number of hydrogen-bond donors (Lipinski definition) is 0. The van der Waals surface area contributed by atoms with Gasteiger partial charge in [-0.15, -0.1) is 0 Å². The molecule has 0 aromatic carbocycles. The third-order valence-electron chi connectivity index (χ3n) is 11.3. The summed E-state index contributed by atoms with van der Waals surface area (Å²) in [6.45, 7) is 11.0. The summed E-state index contributed by atoms with van der Waals surface area (Å²) in [6.07, 6.45) is 9.33. The van der Waals surface area contributed by atoms with Crippen LogP contribution in [0, 0.1) is 52.3 Å². The van der Waals surface area contributed by atoms with E-state index in [0.717, 1.165) is 25.7 Å². The van der Waals surface area contributed by atoms with Crippen LogP contribution in [0.2, 0.25) is 0 Å². The predicted molar refractivity (Wildman–Crippen MR) is 131 cm³/mol. The van der Waals surface area contributed by atoms with Crippen LogP contribution < -0.4 is 0 Å². The second kappa shape index (κ2) is 9.58. The smallest absolute Gasteiger partial charge is 0.305 e. The summed E-state index contributed by atoms with van der Waals surface area (Å²) in [5.74, 6) is 3.16. The van der Waals surface area contributed by atoms with Gasteiger partial charge < -0.3 is 9.47 Å². The Labute approximate surface area is 206 Å². The molecular formula is C29H46O5. The van der Waals surface area contributed by atoms with Crippen LogP contribution in [0.1, 0.15) is 98.8 Å². The molecule has 34 heavy (non-hydrogen) atoms. The molecule has 0 spiro atoms. The number of Topliss-reactive ketones (excluding diaryl/α,β-unsaturated/α-hetero) is 1. The fraction of sp³-hybridized carbons (Fsp3) is 0.897. The second-order valence-corrected chi connectivity index (χ2v) is 12.6. The number of fused-ring (bicyclic) bond motifs is 5. The van der Waals surface area contributed by atoms with E-state index >= 15 is 0 Å². The van der Waals surface area contributed by atoms with Crippen molar-refractivity contribution in [1.29, 1.82) is 0 Å². The van der Waals surface area contributed by atoms with Gasteiger partial charge in [0.15, 0.2) is 0 Å². The Balaban J connectivity index is 1.66. The maximum atomic E-state index is 12.6. The lowest BCUT2D eigenvalue weighted by Gasteiger charge is -2.64. The highest BCUT2D eigenvalue weighted by atomic mass is 16.5. The Hall–Kier alpha value is -1.39. The molecular weight excluding hydrogens is 428 g/mol. The van der Waals surface area contributed by atoms with E-state index in [1.807, 2.05) is 0 Å². The Bertz CT molecular complexity index is 806. The van der Waals surface area contributed by atoms with Gasteiger partial charge in [-0.1, -0.05) is 27.7 Å². The Kier molecular flexibility index (Phi) is 7.24. The van der Waals surface area contributed by atoms with E-state index < -0.39 is 0 Å². The lowest BCUT2D eigenvalue weighted by atomic mass is 9.41. The van der Waals surface area contributed by atoms with Crippen molar-refractivity contribution in [3.05, 3.63) is 0 Å². The first-order chi connectivity index (χ1) is 16.1. The summed E-state index contributed by atoms with van der Waals surface area (Å²) < 4.78 is 11.1. The van der Waals surface area contributed by atoms with E-state index in [4.69, 9.17) is 9.47 Å². The van der Waals surface area contributed by atoms with Gasteiger partial charge in [0.1, 0.15) is 11.9 Å². The van der Waals surface area contributed by atoms with Crippen LogP contribution in [-0.2, 0) is 23.9 Å². The molecule has 4 rings (SSSR count). The van der Waals surface area contributed by atoms with Gasteiger partial charge in [0, 0.05) is 32.1 Å². The number of hydrogen-bond acceptors (Lipinski definition) is 5. The molecule has 4 aliphatic rings. The molecule has 192 valence electrons. The van der Waals surface area contributed by atoms with E-state index in [9.17, 15) is 14.4 Å². The highest BCUT2D eigenvalue weighted by Crippen LogP contribution is 2.69. The van der Waals surface area contributed by atoms with Gasteiger partial charge in [-0.2, -0.15) is 0 Å². The van der Waals surface area contributed by atoms with E-state index in [1.165, 1.54) is 26.4 Å². The third-order valence-corrected chi connectivity index (χ3v) is 11.3. The van der Waals surface area contributed by atoms with E-state index in [2.05, 4.69) is 27.7 Å². The molecule has 0 aliphatic heterocycles. The average molecular weight is 475 g/mol. The highest BCUT2D eigenvalue weighted by Gasteiger charge is 2.65. The van der Waals surface area contributed by atoms with Crippen LogP contribution in [0.3, 0.4) is 0 Å². The zero-order chi connectivity index (χ0) is 24.8. The topological polar surface area (TPSA) is 69.7 Å². The Morgan fingerprint density at radius 2 is 1.76 bits per heavy atom. The number of ketones is 1. The van der Waals surface area contributed by atoms with E-state index in [1.54, 1.807) is 6.92 Å². The van der Waals surface area contributed by atoms with Crippen LogP contribution in [0.25, 0.3) is 0 Å². The summed E-state index contributed by atoms with van der Waals surface area (Å²) in [6, 6.07) is 0. The van der Waals surface area contributed by atoms with Gasteiger partial charge in [-0.05, 0) is 91.3 Å². The zero-order valence-corrected chi connectivity index (χ0v) is 22.2. The summed E-state index contributed by atoms with van der Waals surface area (Å²) in [7, 11) is 1.47. The van der Waals surface area contributed by atoms with Gasteiger partial charge in [-0.3, -0.25) is 14.4 Å². The van der Waals surface area contributed by atoms with Crippen molar-refractivity contribution >= 4 is 17.7 Å². The van der Waals surface area contributed by atoms with Crippen LogP contribution in [0.5, 0.6) is 0 Å². The van der Waals surface area contributed by atoms with Crippen molar-refractivity contribution in [3.8, 4) is 0 Å². The maximum absolute atomic E-state index is 12.6. The van der Waals surface area contributed by atoms with Gasteiger partial charge in [0.25, 0.3) is 0 Å². The number of rotatable bonds is 6. The number of carbonyl (C=O) groups excluding carboxylic acids is 3. The molecule has 10 atom stereocenters. The molecule has 0 aromatic rings. The minimum absolute atomic E-state index is 0.0785. The average Bonchev–Trinajstić information content (AvgIpc) is 3.15. The van der Waals surface area contributed by atoms with E-state index in [-0.39, 0.29) is 34.8 Å². The SMILES string of the molecule is CC[C@H]1[C@@H](OC(C)=O)[C@@H]2[C@H](CC[C@]3(C)[C@@H]([C@H](C)CCC(=O)OC)CC[C@@H]23)[C@@]2(C)CCC(=O)C[C@@H]12. The Morgan fingerprint density at radius 3 is 2.41 bits per heavy atom. The fourth-order valence-electron chi connectivity index (χ4n) is 9.71. The minimum atomic E-state index is -0.179. The molecule has 0 amide bonds. The zero-order valence-electron chi connectivity index (χ0n) is 22.2. The normalized spacial score (nSPS) is 44.4. The summed E-state index contributed by atoms with van der Waals surface area (Å²) >= 11 is 0. The van der Waals surface area contributed by atoms with Gasteiger partial charge >= 0.3 is 11.9 Å². The van der Waals surface area contributed by atoms with Gasteiger partial charge in [-0.25, -0.2) is 0 Å². The quantitative estimate of drug-likeness (QED) is 0.443. The molecule has 5 nitrogen and oxygen atoms in total. The highest BCUT2D eigenvalue weighted by molar-refractivity contribution is 5.79. The third kappa shape index (κ3) is 4.13. The number of methoxy groups -OCH3 is 1. The monoisotopic (exact) mass is 474 g/mol. The summed E-state index contributed by atoms with van der Waals surface area (Å²) in [5, 5.41) is 0. The summed E-state index contributed by atoms with van der Waals surface area (Å²) in [5.41, 5.74) is 0.368. The number of carbonyl (C=O) groups is 3. The molecule has 4 saturated carbocycles. The van der Waals surface area contributed by atoms with Crippen LogP contribution in [-0.4, -0.2) is 30.9 Å². The van der Waals surface area contributed by atoms with Crippen molar-refractivity contribution < 1.29 is 23.9 Å². The minimum Gasteiger partial charge on any atom is -0.469 e. The fourth-order valence-corrected chi connectivity index (χ4v) is 9.71. The lowest BCUT2D eigenvalue weighted by molar-refractivity contribution is -0.210. The first kappa shape index (κ1) is 25.7. The van der Waals surface area contributed by atoms with Crippen LogP contribution in [0.15, 0.2) is 0 Å². The van der Waals surface area contributed by atoms with Crippen molar-refractivity contribution in [2.75, 3.05) is 7.11 Å². The molecule has 0 saturated heterocycles. The number of esters is 2. The Morgan fingerprint density at radius 1 is 1.06 bits per heavy atom. The molecule has 5 heteroatoms. The van der Waals surface area contributed by atoms with Crippen LogP contribution >= 0.6 is 0 Å². The molecule has 0 bridgehead atoms. The van der Waals surface area contributed by atoms with Crippen molar-refractivity contribution in [3.63, 3.8) is 0 Å². The maximum Gasteiger partial charge on any atom is 0.305 e. The first-order valence-electron chi connectivity index (χ1n) is 13.8. The second-order valence-electron chi connectivity index (χ2n) is 12.6. The molecule has 4 aliphatic carbocycles. The van der Waals surface area contributed by atoms with Crippen molar-refractivity contribution in [1.82, 2.24) is 0 Å². The molecule has 4 fully saturated rings. The molecule has 0 N–H and O–H groups in total. The molecule has 0 radical (unpaired) electrons.